The molecule has 0 fully saturated rings. The van der Waals surface area contributed by atoms with E-state index < -0.39 is 0 Å². The lowest BCUT2D eigenvalue weighted by Crippen LogP contribution is -2.35. The van der Waals surface area contributed by atoms with Crippen LogP contribution in [0.15, 0.2) is 24.3 Å². The lowest BCUT2D eigenvalue weighted by molar-refractivity contribution is 0.553. The van der Waals surface area contributed by atoms with E-state index in [0.717, 1.165) is 0 Å². The minimum Gasteiger partial charge on any atom is -0.371 e. The molecule has 0 saturated carbocycles. The topological polar surface area (TPSA) is 6.25 Å². The summed E-state index contributed by atoms with van der Waals surface area (Å²) in [4.78, 5) is 2.60. The Kier molecular flexibility index (Phi) is 2.94. The predicted octanol–water partition coefficient (Wildman–Crippen LogP) is 1.82. The molecule has 0 amide bonds. The Labute approximate surface area is 149 Å². The quantitative estimate of drug-likeness (QED) is 0.724. The third-order valence-corrected chi connectivity index (χ3v) is 6.60. The van der Waals surface area contributed by atoms with E-state index in [2.05, 4.69) is 39.8 Å². The maximum atomic E-state index is 2.60. The lowest BCUT2D eigenvalue weighted by Gasteiger charge is -2.27. The Morgan fingerprint density at radius 2 is 1.56 bits per heavy atom. The van der Waals surface area contributed by atoms with Gasteiger partial charge in [-0.1, -0.05) is 0 Å². The van der Waals surface area contributed by atoms with Crippen molar-refractivity contribution in [1.82, 2.24) is 4.58 Å². The SMILES string of the molecule is C(/c1cc2c3c(c1)CCN3CCC2)=c1/cc2c3c(c1)CC[N+]=3CCC2. The van der Waals surface area contributed by atoms with Crippen molar-refractivity contribution in [1.29, 1.82) is 0 Å². The molecule has 4 heterocycles. The van der Waals surface area contributed by atoms with E-state index in [1.807, 2.05) is 0 Å². The highest BCUT2D eigenvalue weighted by atomic mass is 15.2. The summed E-state index contributed by atoms with van der Waals surface area (Å²) in [6, 6.07) is 9.83. The minimum atomic E-state index is 1.23. The number of hydrogen-bond donors (Lipinski definition) is 0. The van der Waals surface area contributed by atoms with Gasteiger partial charge in [-0.15, -0.1) is 0 Å². The zero-order valence-corrected chi connectivity index (χ0v) is 14.9. The van der Waals surface area contributed by atoms with Gasteiger partial charge in [0, 0.05) is 42.7 Å². The van der Waals surface area contributed by atoms with Gasteiger partial charge in [-0.3, -0.25) is 0 Å². The van der Waals surface area contributed by atoms with Crippen molar-refractivity contribution in [3.05, 3.63) is 62.7 Å². The maximum Gasteiger partial charge on any atom is 0.206 e. The molecule has 0 saturated heterocycles. The van der Waals surface area contributed by atoms with Gasteiger partial charge in [0.15, 0.2) is 0 Å². The van der Waals surface area contributed by atoms with E-state index in [1.165, 1.54) is 75.5 Å². The van der Waals surface area contributed by atoms with Crippen LogP contribution in [0.25, 0.3) is 6.08 Å². The third kappa shape index (κ3) is 2.13. The van der Waals surface area contributed by atoms with Gasteiger partial charge in [-0.25, -0.2) is 4.58 Å². The molecule has 4 aliphatic heterocycles. The van der Waals surface area contributed by atoms with Crippen molar-refractivity contribution in [2.75, 3.05) is 31.1 Å². The van der Waals surface area contributed by atoms with Crippen LogP contribution < -0.4 is 20.1 Å². The van der Waals surface area contributed by atoms with Crippen molar-refractivity contribution in [2.45, 2.75) is 38.5 Å². The van der Waals surface area contributed by atoms with Crippen LogP contribution in [0.2, 0.25) is 0 Å². The van der Waals surface area contributed by atoms with E-state index >= 15 is 0 Å². The van der Waals surface area contributed by atoms with Crippen LogP contribution in [-0.2, 0) is 25.7 Å². The van der Waals surface area contributed by atoms with E-state index in [0.29, 0.717) is 0 Å². The zero-order valence-electron chi connectivity index (χ0n) is 14.9. The summed E-state index contributed by atoms with van der Waals surface area (Å²) in [5.41, 5.74) is 9.31. The molecule has 0 unspecified atom stereocenters. The van der Waals surface area contributed by atoms with Crippen LogP contribution >= 0.6 is 0 Å². The molecule has 0 atom stereocenters. The lowest BCUT2D eigenvalue weighted by atomic mass is 9.96. The summed E-state index contributed by atoms with van der Waals surface area (Å²) in [6.07, 6.45) is 10.0. The van der Waals surface area contributed by atoms with Crippen LogP contribution in [0, 0.1) is 0 Å². The number of anilines is 1. The van der Waals surface area contributed by atoms with Gasteiger partial charge < -0.3 is 4.90 Å². The monoisotopic (exact) mass is 329 g/mol. The maximum absolute atomic E-state index is 2.60. The molecule has 4 aliphatic rings. The largest absolute Gasteiger partial charge is 0.371 e. The fourth-order valence-electron chi connectivity index (χ4n) is 5.61. The minimum absolute atomic E-state index is 1.23. The smallest absolute Gasteiger partial charge is 0.206 e. The van der Waals surface area contributed by atoms with Gasteiger partial charge in [-0.2, -0.15) is 0 Å². The normalized spacial score (nSPS) is 20.9. The predicted molar refractivity (Wildman–Crippen MR) is 103 cm³/mol. The Balaban J connectivity index is 1.50. The van der Waals surface area contributed by atoms with Gasteiger partial charge in [-0.05, 0) is 77.9 Å². The highest BCUT2D eigenvalue weighted by Crippen LogP contribution is 2.37. The summed E-state index contributed by atoms with van der Waals surface area (Å²) < 4.78 is 2.60. The first-order valence-corrected chi connectivity index (χ1v) is 10.0. The second kappa shape index (κ2) is 5.20. The molecule has 6 rings (SSSR count). The van der Waals surface area contributed by atoms with Gasteiger partial charge in [0.25, 0.3) is 0 Å². The van der Waals surface area contributed by atoms with Crippen LogP contribution in [0.3, 0.4) is 0 Å². The number of nitrogens with zero attached hydrogens (tertiary/aromatic N) is 2. The summed E-state index contributed by atoms with van der Waals surface area (Å²) in [5.74, 6) is 0. The highest BCUT2D eigenvalue weighted by Gasteiger charge is 2.26. The Morgan fingerprint density at radius 3 is 2.48 bits per heavy atom. The van der Waals surface area contributed by atoms with Crippen molar-refractivity contribution >= 4 is 11.8 Å². The Hall–Kier alpha value is -2.09. The summed E-state index contributed by atoms with van der Waals surface area (Å²) in [7, 11) is 0. The van der Waals surface area contributed by atoms with E-state index in [-0.39, 0.29) is 0 Å². The second-order valence-corrected chi connectivity index (χ2v) is 8.20. The molecule has 2 aromatic rings. The Morgan fingerprint density at radius 1 is 0.760 bits per heavy atom. The molecule has 0 spiro atoms. The molecule has 0 N–H and O–H groups in total. The molecular weight excluding hydrogens is 304 g/mol. The molecule has 0 bridgehead atoms. The van der Waals surface area contributed by atoms with Gasteiger partial charge in [0.05, 0.1) is 0 Å². The first-order chi connectivity index (χ1) is 12.3. The number of rotatable bonds is 1. The van der Waals surface area contributed by atoms with Crippen molar-refractivity contribution in [2.24, 2.45) is 0 Å². The fourth-order valence-corrected chi connectivity index (χ4v) is 5.61. The fraction of sp³-hybridized carbons (Fsp3) is 0.435. The Bertz CT molecular complexity index is 1020. The molecule has 2 nitrogen and oxygen atoms in total. The van der Waals surface area contributed by atoms with Gasteiger partial charge >= 0.3 is 0 Å². The molecule has 2 aromatic carbocycles. The first kappa shape index (κ1) is 14.1. The number of benzene rings is 2. The molecule has 0 aromatic heterocycles. The average Bonchev–Trinajstić information content (AvgIpc) is 3.22. The zero-order chi connectivity index (χ0) is 16.4. The summed E-state index contributed by atoms with van der Waals surface area (Å²) in [6.45, 7) is 4.97. The number of aryl methyl sites for hydroxylation is 2. The molecule has 0 aliphatic carbocycles. The molecule has 126 valence electrons. The van der Waals surface area contributed by atoms with Crippen LogP contribution in [0.1, 0.15) is 40.7 Å². The molecular formula is C23H25N2+. The number of hydrogen-bond acceptors (Lipinski definition) is 1. The van der Waals surface area contributed by atoms with Gasteiger partial charge in [0.2, 0.25) is 5.36 Å². The summed E-state index contributed by atoms with van der Waals surface area (Å²) >= 11 is 0. The van der Waals surface area contributed by atoms with Crippen molar-refractivity contribution in [3.63, 3.8) is 0 Å². The van der Waals surface area contributed by atoms with Crippen LogP contribution in [0.4, 0.5) is 5.69 Å². The second-order valence-electron chi connectivity index (χ2n) is 8.20. The highest BCUT2D eigenvalue weighted by molar-refractivity contribution is 5.69. The molecule has 0 radical (unpaired) electrons. The van der Waals surface area contributed by atoms with E-state index in [9.17, 15) is 0 Å². The average molecular weight is 329 g/mol. The molecule has 25 heavy (non-hydrogen) atoms. The standard InChI is InChI=1S/C23H25N2/c1-3-18-12-16(14-20-5-9-24(7-1)22(18)20)11-17-13-19-4-2-8-25-10-6-21(15-17)23(19)25/h11-15H,1-10H2/q+1. The van der Waals surface area contributed by atoms with E-state index in [4.69, 9.17) is 0 Å². The van der Waals surface area contributed by atoms with Crippen LogP contribution in [-0.4, -0.2) is 26.2 Å². The third-order valence-electron chi connectivity index (χ3n) is 6.60. The molecule has 2 heteroatoms. The first-order valence-electron chi connectivity index (χ1n) is 10.0. The van der Waals surface area contributed by atoms with Crippen LogP contribution in [0.5, 0.6) is 0 Å². The van der Waals surface area contributed by atoms with Gasteiger partial charge in [0.1, 0.15) is 13.1 Å². The van der Waals surface area contributed by atoms with E-state index in [1.54, 1.807) is 33.3 Å². The summed E-state index contributed by atoms with van der Waals surface area (Å²) in [5, 5.41) is 2.98. The van der Waals surface area contributed by atoms with Crippen molar-refractivity contribution < 1.29 is 0 Å². The van der Waals surface area contributed by atoms with Crippen molar-refractivity contribution in [3.8, 4) is 0 Å².